The van der Waals surface area contributed by atoms with E-state index < -0.39 is 18.3 Å². The van der Waals surface area contributed by atoms with Crippen LogP contribution < -0.4 is 5.32 Å². The first-order valence-corrected chi connectivity index (χ1v) is 9.11. The number of aliphatic hydroxyl groups excluding tert-OH is 3. The molecule has 0 fully saturated rings. The molecule has 6 nitrogen and oxygen atoms in total. The predicted octanol–water partition coefficient (Wildman–Crippen LogP) is 2.32. The first-order chi connectivity index (χ1) is 13.1. The molecule has 2 aromatic rings. The van der Waals surface area contributed by atoms with Crippen LogP contribution >= 0.6 is 0 Å². The Labute approximate surface area is 159 Å². The minimum atomic E-state index is -1.05. The molecular weight excluding hydrogens is 346 g/mol. The highest BCUT2D eigenvalue weighted by molar-refractivity contribution is 5.67. The van der Waals surface area contributed by atoms with E-state index in [9.17, 15) is 15.0 Å². The molecule has 2 rings (SSSR count). The Morgan fingerprint density at radius 2 is 1.74 bits per heavy atom. The minimum absolute atomic E-state index is 0.0714. The van der Waals surface area contributed by atoms with Gasteiger partial charge in [0.2, 0.25) is 0 Å². The Kier molecular flexibility index (Phi) is 8.77. The maximum atomic E-state index is 11.7. The van der Waals surface area contributed by atoms with Gasteiger partial charge in [-0.3, -0.25) is 0 Å². The molecule has 0 aliphatic heterocycles. The fourth-order valence-corrected chi connectivity index (χ4v) is 2.78. The Morgan fingerprint density at radius 3 is 2.48 bits per heavy atom. The molecule has 0 saturated carbocycles. The van der Waals surface area contributed by atoms with Gasteiger partial charge in [-0.2, -0.15) is 0 Å². The molecule has 27 heavy (non-hydrogen) atoms. The van der Waals surface area contributed by atoms with Crippen LogP contribution in [0.3, 0.4) is 0 Å². The van der Waals surface area contributed by atoms with Crippen molar-refractivity contribution < 1.29 is 24.9 Å². The summed E-state index contributed by atoms with van der Waals surface area (Å²) >= 11 is 0. The van der Waals surface area contributed by atoms with Gasteiger partial charge in [0.1, 0.15) is 12.7 Å². The molecule has 0 saturated heterocycles. The summed E-state index contributed by atoms with van der Waals surface area (Å²) in [5, 5.41) is 32.2. The first kappa shape index (κ1) is 20.9. The van der Waals surface area contributed by atoms with Crippen molar-refractivity contribution >= 4 is 6.09 Å². The molecule has 1 amide bonds. The van der Waals surface area contributed by atoms with Crippen LogP contribution in [0.25, 0.3) is 0 Å². The second kappa shape index (κ2) is 11.3. The van der Waals surface area contributed by atoms with Crippen molar-refractivity contribution in [2.75, 3.05) is 13.2 Å². The lowest BCUT2D eigenvalue weighted by molar-refractivity contribution is 0.0131. The van der Waals surface area contributed by atoms with E-state index in [-0.39, 0.29) is 26.2 Å². The van der Waals surface area contributed by atoms with Crippen LogP contribution in [-0.2, 0) is 17.8 Å². The zero-order valence-electron chi connectivity index (χ0n) is 15.3. The van der Waals surface area contributed by atoms with Gasteiger partial charge in [-0.15, -0.1) is 0 Å². The van der Waals surface area contributed by atoms with Crippen LogP contribution in [0.15, 0.2) is 54.6 Å². The van der Waals surface area contributed by atoms with Crippen molar-refractivity contribution in [3.8, 4) is 0 Å². The SMILES string of the molecule is O=C(NCCC(O)C(O)c1ccccc1CCCO)OCc1ccccc1. The number of alkyl carbamates (subject to hydrolysis) is 1. The van der Waals surface area contributed by atoms with Gasteiger partial charge in [0.15, 0.2) is 0 Å². The van der Waals surface area contributed by atoms with Crippen LogP contribution in [0.1, 0.15) is 35.6 Å². The van der Waals surface area contributed by atoms with Crippen molar-refractivity contribution in [1.29, 1.82) is 0 Å². The van der Waals surface area contributed by atoms with Crippen LogP contribution in [0.5, 0.6) is 0 Å². The quantitative estimate of drug-likeness (QED) is 0.512. The van der Waals surface area contributed by atoms with Crippen LogP contribution in [0.2, 0.25) is 0 Å². The van der Waals surface area contributed by atoms with Gasteiger partial charge in [-0.1, -0.05) is 54.6 Å². The molecular formula is C21H27NO5. The molecule has 0 spiro atoms. The molecule has 0 bridgehead atoms. The topological polar surface area (TPSA) is 99.0 Å². The standard InChI is InChI=1S/C21H27NO5/c23-14-6-10-17-9-4-5-11-18(17)20(25)19(24)12-13-22-21(26)27-15-16-7-2-1-3-8-16/h1-5,7-9,11,19-20,23-25H,6,10,12-15H2,(H,22,26). The second-order valence-electron chi connectivity index (χ2n) is 6.32. The number of carbonyl (C=O) groups excluding carboxylic acids is 1. The Balaban J connectivity index is 1.76. The number of aryl methyl sites for hydroxylation is 1. The molecule has 2 unspecified atom stereocenters. The van der Waals surface area contributed by atoms with Gasteiger partial charge in [-0.05, 0) is 36.0 Å². The number of benzene rings is 2. The van der Waals surface area contributed by atoms with Crippen molar-refractivity contribution in [2.45, 2.75) is 38.1 Å². The summed E-state index contributed by atoms with van der Waals surface area (Å²) in [6, 6.07) is 16.6. The highest BCUT2D eigenvalue weighted by Crippen LogP contribution is 2.23. The van der Waals surface area contributed by atoms with E-state index in [0.717, 1.165) is 11.1 Å². The van der Waals surface area contributed by atoms with Crippen molar-refractivity contribution in [2.24, 2.45) is 0 Å². The highest BCUT2D eigenvalue weighted by Gasteiger charge is 2.20. The van der Waals surface area contributed by atoms with E-state index >= 15 is 0 Å². The molecule has 2 atom stereocenters. The number of aliphatic hydroxyl groups is 3. The molecule has 0 aliphatic rings. The largest absolute Gasteiger partial charge is 0.445 e. The fourth-order valence-electron chi connectivity index (χ4n) is 2.78. The summed E-state index contributed by atoms with van der Waals surface area (Å²) < 4.78 is 5.10. The maximum Gasteiger partial charge on any atom is 0.407 e. The molecule has 146 valence electrons. The first-order valence-electron chi connectivity index (χ1n) is 9.11. The zero-order valence-corrected chi connectivity index (χ0v) is 15.3. The average Bonchev–Trinajstić information content (AvgIpc) is 2.71. The Morgan fingerprint density at radius 1 is 1.04 bits per heavy atom. The van der Waals surface area contributed by atoms with Crippen LogP contribution in [0.4, 0.5) is 4.79 Å². The summed E-state index contributed by atoms with van der Waals surface area (Å²) in [6.07, 6.45) is -1.23. The Bertz CT molecular complexity index is 692. The summed E-state index contributed by atoms with van der Waals surface area (Å²) in [6.45, 7) is 0.433. The third-order valence-corrected chi connectivity index (χ3v) is 4.26. The number of rotatable bonds is 10. The van der Waals surface area contributed by atoms with E-state index in [1.165, 1.54) is 0 Å². The van der Waals surface area contributed by atoms with E-state index in [2.05, 4.69) is 5.32 Å². The number of amides is 1. The Hall–Kier alpha value is -2.41. The summed E-state index contributed by atoms with van der Waals surface area (Å²) in [4.78, 5) is 11.7. The molecule has 2 aromatic carbocycles. The number of hydrogen-bond donors (Lipinski definition) is 4. The van der Waals surface area contributed by atoms with Gasteiger partial charge in [0, 0.05) is 13.2 Å². The van der Waals surface area contributed by atoms with Crippen LogP contribution in [0, 0.1) is 0 Å². The van der Waals surface area contributed by atoms with Crippen molar-refractivity contribution in [3.05, 3.63) is 71.3 Å². The number of hydrogen-bond acceptors (Lipinski definition) is 5. The summed E-state index contributed by atoms with van der Waals surface area (Å²) in [5.41, 5.74) is 2.43. The molecule has 4 N–H and O–H groups in total. The smallest absolute Gasteiger partial charge is 0.407 e. The molecule has 6 heteroatoms. The summed E-state index contributed by atoms with van der Waals surface area (Å²) in [7, 11) is 0. The normalized spacial score (nSPS) is 13.0. The number of carbonyl (C=O) groups is 1. The predicted molar refractivity (Wildman–Crippen MR) is 102 cm³/mol. The third-order valence-electron chi connectivity index (χ3n) is 4.26. The van der Waals surface area contributed by atoms with Gasteiger partial charge >= 0.3 is 6.09 Å². The zero-order chi connectivity index (χ0) is 19.5. The maximum absolute atomic E-state index is 11.7. The van der Waals surface area contributed by atoms with Crippen molar-refractivity contribution in [3.63, 3.8) is 0 Å². The second-order valence-corrected chi connectivity index (χ2v) is 6.32. The molecule has 0 radical (unpaired) electrons. The monoisotopic (exact) mass is 373 g/mol. The van der Waals surface area contributed by atoms with E-state index in [1.807, 2.05) is 42.5 Å². The molecule has 0 aromatic heterocycles. The van der Waals surface area contributed by atoms with E-state index in [1.54, 1.807) is 12.1 Å². The highest BCUT2D eigenvalue weighted by atomic mass is 16.5. The van der Waals surface area contributed by atoms with Gasteiger partial charge < -0.3 is 25.4 Å². The van der Waals surface area contributed by atoms with Gasteiger partial charge in [0.25, 0.3) is 0 Å². The summed E-state index contributed by atoms with van der Waals surface area (Å²) in [5.74, 6) is 0. The van der Waals surface area contributed by atoms with E-state index in [0.29, 0.717) is 18.4 Å². The third kappa shape index (κ3) is 7.02. The average molecular weight is 373 g/mol. The lowest BCUT2D eigenvalue weighted by Gasteiger charge is -2.21. The van der Waals surface area contributed by atoms with E-state index in [4.69, 9.17) is 9.84 Å². The fraction of sp³-hybridized carbons (Fsp3) is 0.381. The minimum Gasteiger partial charge on any atom is -0.445 e. The van der Waals surface area contributed by atoms with Gasteiger partial charge in [-0.25, -0.2) is 4.79 Å². The lowest BCUT2D eigenvalue weighted by Crippen LogP contribution is -2.30. The molecule has 0 heterocycles. The molecule has 0 aliphatic carbocycles. The number of ether oxygens (including phenoxy) is 1. The van der Waals surface area contributed by atoms with Crippen LogP contribution in [-0.4, -0.2) is 40.7 Å². The van der Waals surface area contributed by atoms with Gasteiger partial charge in [0.05, 0.1) is 6.10 Å². The number of nitrogens with one attached hydrogen (secondary N) is 1. The van der Waals surface area contributed by atoms with Crippen molar-refractivity contribution in [1.82, 2.24) is 5.32 Å². The lowest BCUT2D eigenvalue weighted by atomic mass is 9.95.